The molecule has 0 spiro atoms. The van der Waals surface area contributed by atoms with E-state index in [4.69, 9.17) is 5.73 Å². The first-order valence-corrected chi connectivity index (χ1v) is 5.75. The molecule has 15 heavy (non-hydrogen) atoms. The normalized spacial score (nSPS) is 24.7. The molecule has 4 nitrogen and oxygen atoms in total. The van der Waals surface area contributed by atoms with Crippen LogP contribution in [0.1, 0.15) is 20.3 Å². The largest absolute Gasteiger partial charge is 0.344 e. The van der Waals surface area contributed by atoms with Crippen molar-refractivity contribution in [3.8, 4) is 0 Å². The number of likely N-dealkylation sites (N-methyl/N-ethyl adjacent to an activating group) is 1. The molecule has 1 fully saturated rings. The number of nitrogens with two attached hydrogens (primary N) is 1. The standard InChI is InChI=1S/C11H23N3O/c1-9(2)8-14-6-4-5-13(3)11(15)10(14)7-12/h9-10H,4-8,12H2,1-3H3. The van der Waals surface area contributed by atoms with Crippen LogP contribution in [0, 0.1) is 5.92 Å². The van der Waals surface area contributed by atoms with E-state index in [1.165, 1.54) is 0 Å². The third-order valence-corrected chi connectivity index (χ3v) is 2.86. The van der Waals surface area contributed by atoms with E-state index < -0.39 is 0 Å². The number of nitrogens with zero attached hydrogens (tertiary/aromatic N) is 2. The van der Waals surface area contributed by atoms with Crippen LogP contribution in [0.2, 0.25) is 0 Å². The molecule has 88 valence electrons. The number of hydrogen-bond donors (Lipinski definition) is 1. The van der Waals surface area contributed by atoms with Gasteiger partial charge in [0.25, 0.3) is 0 Å². The van der Waals surface area contributed by atoms with E-state index in [0.29, 0.717) is 12.5 Å². The summed E-state index contributed by atoms with van der Waals surface area (Å²) in [7, 11) is 1.86. The van der Waals surface area contributed by atoms with Crippen molar-refractivity contribution in [1.82, 2.24) is 9.80 Å². The van der Waals surface area contributed by atoms with Gasteiger partial charge in [-0.25, -0.2) is 0 Å². The zero-order chi connectivity index (χ0) is 11.4. The molecule has 1 unspecified atom stereocenters. The van der Waals surface area contributed by atoms with Crippen molar-refractivity contribution in [3.63, 3.8) is 0 Å². The van der Waals surface area contributed by atoms with E-state index in [0.717, 1.165) is 26.1 Å². The summed E-state index contributed by atoms with van der Waals surface area (Å²) in [6.45, 7) is 7.57. The van der Waals surface area contributed by atoms with Crippen molar-refractivity contribution in [3.05, 3.63) is 0 Å². The third-order valence-electron chi connectivity index (χ3n) is 2.86. The molecule has 1 saturated heterocycles. The Morgan fingerprint density at radius 2 is 2.13 bits per heavy atom. The van der Waals surface area contributed by atoms with Gasteiger partial charge in [-0.2, -0.15) is 0 Å². The Labute approximate surface area is 92.4 Å². The molecule has 0 aromatic rings. The van der Waals surface area contributed by atoms with Crippen molar-refractivity contribution in [2.24, 2.45) is 11.7 Å². The van der Waals surface area contributed by atoms with E-state index >= 15 is 0 Å². The molecule has 1 atom stereocenters. The summed E-state index contributed by atoms with van der Waals surface area (Å²) in [4.78, 5) is 16.0. The Hall–Kier alpha value is -0.610. The van der Waals surface area contributed by atoms with Gasteiger partial charge in [-0.3, -0.25) is 9.69 Å². The topological polar surface area (TPSA) is 49.6 Å². The van der Waals surface area contributed by atoms with Crippen LogP contribution in [0.4, 0.5) is 0 Å². The summed E-state index contributed by atoms with van der Waals surface area (Å²) in [6, 6.07) is -0.111. The van der Waals surface area contributed by atoms with Crippen molar-refractivity contribution in [2.45, 2.75) is 26.3 Å². The molecular formula is C11H23N3O. The predicted molar refractivity (Wildman–Crippen MR) is 61.5 cm³/mol. The maximum Gasteiger partial charge on any atom is 0.240 e. The molecular weight excluding hydrogens is 190 g/mol. The molecule has 0 aliphatic carbocycles. The van der Waals surface area contributed by atoms with Crippen molar-refractivity contribution < 1.29 is 4.79 Å². The van der Waals surface area contributed by atoms with E-state index in [9.17, 15) is 4.79 Å². The van der Waals surface area contributed by atoms with Gasteiger partial charge >= 0.3 is 0 Å². The van der Waals surface area contributed by atoms with Gasteiger partial charge in [0.05, 0.1) is 0 Å². The Balaban J connectivity index is 2.71. The lowest BCUT2D eigenvalue weighted by Gasteiger charge is -2.29. The Kier molecular flexibility index (Phi) is 4.54. The molecule has 1 aliphatic heterocycles. The molecule has 1 aliphatic rings. The van der Waals surface area contributed by atoms with Gasteiger partial charge in [0.15, 0.2) is 0 Å². The fraction of sp³-hybridized carbons (Fsp3) is 0.909. The summed E-state index contributed by atoms with van der Waals surface area (Å²) in [6.07, 6.45) is 1.05. The summed E-state index contributed by atoms with van der Waals surface area (Å²) in [5.41, 5.74) is 5.70. The molecule has 2 N–H and O–H groups in total. The maximum atomic E-state index is 12.0. The first-order chi connectivity index (χ1) is 7.06. The molecule has 1 heterocycles. The molecule has 1 amide bonds. The SMILES string of the molecule is CC(C)CN1CCCN(C)C(=O)C1CN. The van der Waals surface area contributed by atoms with Crippen LogP contribution in [0.25, 0.3) is 0 Å². The quantitative estimate of drug-likeness (QED) is 0.725. The molecule has 1 rings (SSSR count). The number of hydrogen-bond acceptors (Lipinski definition) is 3. The molecule has 0 saturated carbocycles. The van der Waals surface area contributed by atoms with Gasteiger partial charge < -0.3 is 10.6 Å². The highest BCUT2D eigenvalue weighted by Crippen LogP contribution is 2.11. The summed E-state index contributed by atoms with van der Waals surface area (Å²) in [5.74, 6) is 0.755. The minimum absolute atomic E-state index is 0.111. The van der Waals surface area contributed by atoms with Crippen molar-refractivity contribution >= 4 is 5.91 Å². The van der Waals surface area contributed by atoms with Crippen LogP contribution in [0.3, 0.4) is 0 Å². The Morgan fingerprint density at radius 1 is 1.47 bits per heavy atom. The summed E-state index contributed by atoms with van der Waals surface area (Å²) in [5, 5.41) is 0. The highest BCUT2D eigenvalue weighted by atomic mass is 16.2. The molecule has 4 heteroatoms. The zero-order valence-electron chi connectivity index (χ0n) is 10.1. The first-order valence-electron chi connectivity index (χ1n) is 5.75. The Morgan fingerprint density at radius 3 is 2.67 bits per heavy atom. The molecule has 0 bridgehead atoms. The summed E-state index contributed by atoms with van der Waals surface area (Å²) >= 11 is 0. The van der Waals surface area contributed by atoms with Crippen LogP contribution >= 0.6 is 0 Å². The zero-order valence-corrected chi connectivity index (χ0v) is 10.1. The number of amides is 1. The average molecular weight is 213 g/mol. The maximum absolute atomic E-state index is 12.0. The van der Waals surface area contributed by atoms with Crippen molar-refractivity contribution in [2.75, 3.05) is 33.2 Å². The van der Waals surface area contributed by atoms with Gasteiger partial charge in [-0.1, -0.05) is 13.8 Å². The van der Waals surface area contributed by atoms with Gasteiger partial charge in [0, 0.05) is 33.2 Å². The van der Waals surface area contributed by atoms with Crippen LogP contribution in [-0.2, 0) is 4.79 Å². The fourth-order valence-electron chi connectivity index (χ4n) is 2.13. The fourth-order valence-corrected chi connectivity index (χ4v) is 2.13. The second kappa shape index (κ2) is 5.47. The second-order valence-electron chi connectivity index (χ2n) is 4.75. The minimum atomic E-state index is -0.111. The minimum Gasteiger partial charge on any atom is -0.344 e. The first kappa shape index (κ1) is 12.5. The Bertz CT molecular complexity index is 218. The van der Waals surface area contributed by atoms with Crippen LogP contribution in [-0.4, -0.2) is 55.0 Å². The number of carbonyl (C=O) groups is 1. The summed E-state index contributed by atoms with van der Waals surface area (Å²) < 4.78 is 0. The second-order valence-corrected chi connectivity index (χ2v) is 4.75. The lowest BCUT2D eigenvalue weighted by Crippen LogP contribution is -2.50. The predicted octanol–water partition coefficient (Wildman–Crippen LogP) is 0.134. The molecule has 0 aromatic heterocycles. The van der Waals surface area contributed by atoms with Crippen LogP contribution in [0.15, 0.2) is 0 Å². The lowest BCUT2D eigenvalue weighted by atomic mass is 10.1. The molecule has 0 aromatic carbocycles. The van der Waals surface area contributed by atoms with Crippen LogP contribution in [0.5, 0.6) is 0 Å². The monoisotopic (exact) mass is 213 g/mol. The average Bonchev–Trinajstić information content (AvgIpc) is 2.27. The van der Waals surface area contributed by atoms with Crippen molar-refractivity contribution in [1.29, 1.82) is 0 Å². The van der Waals surface area contributed by atoms with E-state index in [-0.39, 0.29) is 11.9 Å². The third kappa shape index (κ3) is 3.18. The van der Waals surface area contributed by atoms with E-state index in [1.807, 2.05) is 7.05 Å². The molecule has 0 radical (unpaired) electrons. The van der Waals surface area contributed by atoms with Crippen LogP contribution < -0.4 is 5.73 Å². The highest BCUT2D eigenvalue weighted by Gasteiger charge is 2.29. The smallest absolute Gasteiger partial charge is 0.240 e. The van der Waals surface area contributed by atoms with Gasteiger partial charge in [0.2, 0.25) is 5.91 Å². The van der Waals surface area contributed by atoms with E-state index in [1.54, 1.807) is 4.90 Å². The number of rotatable bonds is 3. The van der Waals surface area contributed by atoms with Gasteiger partial charge in [-0.05, 0) is 12.3 Å². The number of carbonyl (C=O) groups excluding carboxylic acids is 1. The lowest BCUT2D eigenvalue weighted by molar-refractivity contribution is -0.133. The van der Waals surface area contributed by atoms with Gasteiger partial charge in [0.1, 0.15) is 6.04 Å². The van der Waals surface area contributed by atoms with E-state index in [2.05, 4.69) is 18.7 Å². The van der Waals surface area contributed by atoms with Gasteiger partial charge in [-0.15, -0.1) is 0 Å². The highest BCUT2D eigenvalue weighted by molar-refractivity contribution is 5.82.